The third-order valence-electron chi connectivity index (χ3n) is 7.01. The van der Waals surface area contributed by atoms with Gasteiger partial charge in [0.25, 0.3) is 0 Å². The van der Waals surface area contributed by atoms with E-state index in [0.717, 1.165) is 30.6 Å². The van der Waals surface area contributed by atoms with Crippen LogP contribution in [0.5, 0.6) is 5.75 Å². The summed E-state index contributed by atoms with van der Waals surface area (Å²) < 4.78 is 11.8. The van der Waals surface area contributed by atoms with Crippen LogP contribution in [0.2, 0.25) is 0 Å². The van der Waals surface area contributed by atoms with Gasteiger partial charge in [0.05, 0.1) is 12.6 Å². The van der Waals surface area contributed by atoms with E-state index in [4.69, 9.17) is 9.47 Å². The number of ether oxygens (including phenoxy) is 2. The fraction of sp³-hybridized carbons (Fsp3) is 0.500. The van der Waals surface area contributed by atoms with Crippen LogP contribution in [-0.2, 0) is 10.2 Å². The molecule has 1 unspecified atom stereocenters. The number of hydrogen-bond acceptors (Lipinski definition) is 3. The molecule has 1 amide bonds. The fourth-order valence-electron chi connectivity index (χ4n) is 5.17. The topological polar surface area (TPSA) is 47.6 Å². The molecule has 1 aliphatic heterocycles. The SMILES string of the molecule is C[C@@H]1CC[C@@H](C(C)(C)c2ccccc2)[C@H](OC(=O)NC2CCOc3ccccc32)C1. The van der Waals surface area contributed by atoms with Gasteiger partial charge < -0.3 is 14.8 Å². The Bertz CT molecular complexity index is 864. The van der Waals surface area contributed by atoms with Gasteiger partial charge in [0.1, 0.15) is 11.9 Å². The second-order valence-corrected chi connectivity index (χ2v) is 9.43. The Kier molecular flexibility index (Phi) is 6.03. The third kappa shape index (κ3) is 4.33. The molecular formula is C26H33NO3. The molecule has 0 bridgehead atoms. The van der Waals surface area contributed by atoms with Gasteiger partial charge in [0.2, 0.25) is 0 Å². The number of benzene rings is 2. The molecule has 2 aliphatic rings. The number of carbonyl (C=O) groups excluding carboxylic acids is 1. The fourth-order valence-corrected chi connectivity index (χ4v) is 5.17. The minimum Gasteiger partial charge on any atom is -0.493 e. The lowest BCUT2D eigenvalue weighted by atomic mass is 9.64. The van der Waals surface area contributed by atoms with E-state index in [1.165, 1.54) is 12.0 Å². The number of rotatable bonds is 4. The standard InChI is InChI=1S/C26H33NO3/c1-18-13-14-21(26(2,3)19-9-5-4-6-10-19)24(17-18)30-25(28)27-22-15-16-29-23-12-8-7-11-20(22)23/h4-12,18,21-22,24H,13-17H2,1-3H3,(H,27,28)/t18-,21-,22?,24-/m1/s1. The van der Waals surface area contributed by atoms with E-state index in [9.17, 15) is 4.79 Å². The molecule has 0 saturated heterocycles. The third-order valence-corrected chi connectivity index (χ3v) is 7.01. The minimum absolute atomic E-state index is 0.0579. The molecule has 0 aromatic heterocycles. The lowest BCUT2D eigenvalue weighted by Crippen LogP contribution is -2.45. The van der Waals surface area contributed by atoms with Crippen LogP contribution < -0.4 is 10.1 Å². The lowest BCUT2D eigenvalue weighted by Gasteiger charge is -2.44. The second kappa shape index (κ2) is 8.71. The maximum atomic E-state index is 12.9. The van der Waals surface area contributed by atoms with Gasteiger partial charge in [-0.25, -0.2) is 4.79 Å². The average Bonchev–Trinajstić information content (AvgIpc) is 2.74. The highest BCUT2D eigenvalue weighted by molar-refractivity contribution is 5.68. The van der Waals surface area contributed by atoms with Crippen molar-refractivity contribution in [2.75, 3.05) is 6.61 Å². The zero-order valence-corrected chi connectivity index (χ0v) is 18.3. The summed E-state index contributed by atoms with van der Waals surface area (Å²) in [5, 5.41) is 3.11. The molecule has 4 nitrogen and oxygen atoms in total. The number of para-hydroxylation sites is 1. The van der Waals surface area contributed by atoms with Crippen molar-refractivity contribution in [3.8, 4) is 5.75 Å². The molecule has 0 spiro atoms. The van der Waals surface area contributed by atoms with Gasteiger partial charge in [-0.2, -0.15) is 0 Å². The highest BCUT2D eigenvalue weighted by atomic mass is 16.6. The summed E-state index contributed by atoms with van der Waals surface area (Å²) in [6, 6.07) is 18.5. The Morgan fingerprint density at radius 3 is 2.57 bits per heavy atom. The maximum absolute atomic E-state index is 12.9. The first kappa shape index (κ1) is 20.8. The van der Waals surface area contributed by atoms with Crippen molar-refractivity contribution in [1.29, 1.82) is 0 Å². The monoisotopic (exact) mass is 407 g/mol. The van der Waals surface area contributed by atoms with E-state index < -0.39 is 0 Å². The Balaban J connectivity index is 1.48. The molecule has 30 heavy (non-hydrogen) atoms. The van der Waals surface area contributed by atoms with Gasteiger partial charge in [-0.15, -0.1) is 0 Å². The predicted molar refractivity (Wildman–Crippen MR) is 119 cm³/mol. The first-order valence-electron chi connectivity index (χ1n) is 11.2. The van der Waals surface area contributed by atoms with Gasteiger partial charge in [0.15, 0.2) is 0 Å². The largest absolute Gasteiger partial charge is 0.493 e. The van der Waals surface area contributed by atoms with Gasteiger partial charge in [-0.05, 0) is 35.8 Å². The average molecular weight is 408 g/mol. The Morgan fingerprint density at radius 1 is 1.03 bits per heavy atom. The highest BCUT2D eigenvalue weighted by Crippen LogP contribution is 2.43. The first-order valence-corrected chi connectivity index (χ1v) is 11.2. The zero-order valence-electron chi connectivity index (χ0n) is 18.3. The molecule has 4 heteroatoms. The summed E-state index contributed by atoms with van der Waals surface area (Å²) in [4.78, 5) is 12.9. The highest BCUT2D eigenvalue weighted by Gasteiger charge is 2.42. The molecule has 2 aromatic rings. The Morgan fingerprint density at radius 2 is 1.77 bits per heavy atom. The molecule has 2 aromatic carbocycles. The molecular weight excluding hydrogens is 374 g/mol. The summed E-state index contributed by atoms with van der Waals surface area (Å²) in [5.74, 6) is 1.71. The molecule has 1 fully saturated rings. The van der Waals surface area contributed by atoms with Crippen molar-refractivity contribution < 1.29 is 14.3 Å². The smallest absolute Gasteiger partial charge is 0.407 e. The molecule has 1 heterocycles. The van der Waals surface area contributed by atoms with Gasteiger partial charge in [0, 0.05) is 17.9 Å². The number of alkyl carbamates (subject to hydrolysis) is 1. The van der Waals surface area contributed by atoms with Gasteiger partial charge in [-0.3, -0.25) is 0 Å². The van der Waals surface area contributed by atoms with Gasteiger partial charge in [-0.1, -0.05) is 75.7 Å². The van der Waals surface area contributed by atoms with Crippen LogP contribution in [-0.4, -0.2) is 18.8 Å². The number of carbonyl (C=O) groups is 1. The number of amides is 1. The van der Waals surface area contributed by atoms with E-state index in [0.29, 0.717) is 18.4 Å². The van der Waals surface area contributed by atoms with Crippen LogP contribution in [0, 0.1) is 11.8 Å². The molecule has 160 valence electrons. The van der Waals surface area contributed by atoms with E-state index in [1.54, 1.807) is 0 Å². The summed E-state index contributed by atoms with van der Waals surface area (Å²) in [6.45, 7) is 7.43. The molecule has 1 aliphatic carbocycles. The lowest BCUT2D eigenvalue weighted by molar-refractivity contribution is -0.00477. The maximum Gasteiger partial charge on any atom is 0.407 e. The van der Waals surface area contributed by atoms with E-state index in [1.807, 2.05) is 24.3 Å². The zero-order chi connectivity index (χ0) is 21.1. The summed E-state index contributed by atoms with van der Waals surface area (Å²) >= 11 is 0. The first-order chi connectivity index (χ1) is 14.4. The van der Waals surface area contributed by atoms with Crippen LogP contribution in [0.15, 0.2) is 54.6 Å². The van der Waals surface area contributed by atoms with E-state index >= 15 is 0 Å². The molecule has 1 saturated carbocycles. The molecule has 4 atom stereocenters. The van der Waals surface area contributed by atoms with Crippen LogP contribution in [0.4, 0.5) is 4.79 Å². The van der Waals surface area contributed by atoms with Crippen molar-refractivity contribution in [2.24, 2.45) is 11.8 Å². The van der Waals surface area contributed by atoms with E-state index in [-0.39, 0.29) is 23.7 Å². The second-order valence-electron chi connectivity index (χ2n) is 9.43. The molecule has 1 N–H and O–H groups in total. The van der Waals surface area contributed by atoms with Crippen molar-refractivity contribution in [3.63, 3.8) is 0 Å². The molecule has 4 rings (SSSR count). The quantitative estimate of drug-likeness (QED) is 0.674. The van der Waals surface area contributed by atoms with Crippen molar-refractivity contribution in [3.05, 3.63) is 65.7 Å². The Hall–Kier alpha value is -2.49. The van der Waals surface area contributed by atoms with Crippen LogP contribution >= 0.6 is 0 Å². The number of nitrogens with one attached hydrogen (secondary N) is 1. The van der Waals surface area contributed by atoms with Crippen molar-refractivity contribution in [2.45, 2.75) is 64.0 Å². The van der Waals surface area contributed by atoms with Crippen LogP contribution in [0.3, 0.4) is 0 Å². The normalized spacial score (nSPS) is 26.2. The summed E-state index contributed by atoms with van der Waals surface area (Å²) in [6.07, 6.45) is 3.52. The predicted octanol–water partition coefficient (Wildman–Crippen LogP) is 6.02. The van der Waals surface area contributed by atoms with Crippen LogP contribution in [0.1, 0.15) is 63.6 Å². The van der Waals surface area contributed by atoms with Crippen molar-refractivity contribution in [1.82, 2.24) is 5.32 Å². The van der Waals surface area contributed by atoms with Crippen molar-refractivity contribution >= 4 is 6.09 Å². The number of fused-ring (bicyclic) bond motifs is 1. The minimum atomic E-state index is -0.315. The van der Waals surface area contributed by atoms with Crippen LogP contribution in [0.25, 0.3) is 0 Å². The molecule has 0 radical (unpaired) electrons. The van der Waals surface area contributed by atoms with Gasteiger partial charge >= 0.3 is 6.09 Å². The number of hydrogen-bond donors (Lipinski definition) is 1. The summed E-state index contributed by atoms with van der Waals surface area (Å²) in [5.41, 5.74) is 2.27. The summed E-state index contributed by atoms with van der Waals surface area (Å²) in [7, 11) is 0. The van der Waals surface area contributed by atoms with E-state index in [2.05, 4.69) is 56.4 Å². The Labute approximate surface area is 180 Å².